The first kappa shape index (κ1) is 23.2. The first-order valence-electron chi connectivity index (χ1n) is 9.89. The lowest BCUT2D eigenvalue weighted by atomic mass is 10.2. The molecule has 0 aliphatic carbocycles. The van der Waals surface area contributed by atoms with E-state index in [9.17, 15) is 13.5 Å². The Morgan fingerprint density at radius 1 is 1.12 bits per heavy atom. The molecule has 1 atom stereocenters. The molecule has 0 saturated heterocycles. The summed E-state index contributed by atoms with van der Waals surface area (Å²) in [5.41, 5.74) is 1.65. The van der Waals surface area contributed by atoms with Crippen molar-refractivity contribution < 1.29 is 18.0 Å². The van der Waals surface area contributed by atoms with Crippen LogP contribution in [0.1, 0.15) is 12.5 Å². The lowest BCUT2D eigenvalue weighted by Crippen LogP contribution is -2.21. The minimum absolute atomic E-state index is 0.0996. The molecule has 0 saturated carbocycles. The zero-order chi connectivity index (χ0) is 23.3. The van der Waals surface area contributed by atoms with Crippen molar-refractivity contribution >= 4 is 44.8 Å². The smallest absolute Gasteiger partial charge is 0.272 e. The van der Waals surface area contributed by atoms with Crippen molar-refractivity contribution in [2.75, 3.05) is 16.6 Å². The summed E-state index contributed by atoms with van der Waals surface area (Å²) in [6.45, 7) is 1.69. The monoisotopic (exact) mass is 503 g/mol. The maximum atomic E-state index is 13.0. The van der Waals surface area contributed by atoms with E-state index in [4.69, 9.17) is 4.52 Å². The van der Waals surface area contributed by atoms with E-state index in [1.54, 1.807) is 19.1 Å². The zero-order valence-electron chi connectivity index (χ0n) is 17.5. The molecule has 0 unspecified atom stereocenters. The van der Waals surface area contributed by atoms with Crippen LogP contribution in [-0.4, -0.2) is 41.3 Å². The number of hydrogen-bond acceptors (Lipinski definition) is 10. The van der Waals surface area contributed by atoms with E-state index in [1.807, 2.05) is 30.3 Å². The molecule has 0 bridgehead atoms. The number of thiophene rings is 1. The van der Waals surface area contributed by atoms with Crippen LogP contribution in [0.5, 0.6) is 0 Å². The summed E-state index contributed by atoms with van der Waals surface area (Å²) in [7, 11) is -3.88. The topological polar surface area (TPSA) is 130 Å². The van der Waals surface area contributed by atoms with Gasteiger partial charge in [0.2, 0.25) is 0 Å². The highest BCUT2D eigenvalue weighted by Crippen LogP contribution is 2.31. The number of aliphatic hydroxyl groups is 1. The summed E-state index contributed by atoms with van der Waals surface area (Å²) in [6.07, 6.45) is 1.43. The number of rotatable bonds is 10. The standard InChI is InChI=1S/C21H21N5O4S3/c1-14(12-27)22-18-11-19(24-21(23-18)31-13-15-5-3-2-4-6-15)26-33(28,29)20-8-7-17(32-20)16-9-10-30-25-16/h2-11,14,27H,12-13H2,1H3,(H2,22,23,24,26)/t14-/m1/s1. The lowest BCUT2D eigenvalue weighted by Gasteiger charge is -2.14. The minimum Gasteiger partial charge on any atom is -0.394 e. The average Bonchev–Trinajstić information content (AvgIpc) is 3.50. The highest BCUT2D eigenvalue weighted by Gasteiger charge is 2.20. The molecular formula is C21H21N5O4S3. The molecule has 172 valence electrons. The number of hydrogen-bond donors (Lipinski definition) is 3. The largest absolute Gasteiger partial charge is 0.394 e. The second-order valence-electron chi connectivity index (χ2n) is 7.03. The summed E-state index contributed by atoms with van der Waals surface area (Å²) in [5, 5.41) is 16.7. The SMILES string of the molecule is C[C@H](CO)Nc1cc(NS(=O)(=O)c2ccc(-c3ccon3)s2)nc(SCc2ccccc2)n1. The molecule has 0 aliphatic heterocycles. The van der Waals surface area contributed by atoms with Gasteiger partial charge in [0.25, 0.3) is 10.0 Å². The van der Waals surface area contributed by atoms with Crippen LogP contribution in [0.4, 0.5) is 11.6 Å². The summed E-state index contributed by atoms with van der Waals surface area (Å²) in [5.74, 6) is 1.16. The Balaban J connectivity index is 1.57. The lowest BCUT2D eigenvalue weighted by molar-refractivity contribution is 0.281. The Morgan fingerprint density at radius 2 is 1.91 bits per heavy atom. The predicted molar refractivity (Wildman–Crippen MR) is 129 cm³/mol. The zero-order valence-corrected chi connectivity index (χ0v) is 20.0. The van der Waals surface area contributed by atoms with Crippen LogP contribution < -0.4 is 10.0 Å². The molecule has 0 spiro atoms. The van der Waals surface area contributed by atoms with Crippen molar-refractivity contribution in [3.63, 3.8) is 0 Å². The van der Waals surface area contributed by atoms with Crippen LogP contribution in [0.2, 0.25) is 0 Å². The van der Waals surface area contributed by atoms with Gasteiger partial charge >= 0.3 is 0 Å². The van der Waals surface area contributed by atoms with Gasteiger partial charge in [0.05, 0.1) is 11.5 Å². The van der Waals surface area contributed by atoms with E-state index in [-0.39, 0.29) is 22.7 Å². The van der Waals surface area contributed by atoms with Gasteiger partial charge in [-0.1, -0.05) is 47.3 Å². The molecule has 1 aromatic carbocycles. The van der Waals surface area contributed by atoms with E-state index in [2.05, 4.69) is 25.2 Å². The molecule has 0 radical (unpaired) electrons. The Bertz CT molecular complexity index is 1290. The summed E-state index contributed by atoms with van der Waals surface area (Å²) in [6, 6.07) is 15.9. The molecule has 3 N–H and O–H groups in total. The maximum absolute atomic E-state index is 13.0. The third kappa shape index (κ3) is 6.11. The third-order valence-corrected chi connectivity index (χ3v) is 8.23. The van der Waals surface area contributed by atoms with Crippen LogP contribution in [-0.2, 0) is 15.8 Å². The summed E-state index contributed by atoms with van der Waals surface area (Å²) >= 11 is 2.46. The Morgan fingerprint density at radius 3 is 2.64 bits per heavy atom. The Kier molecular flexibility index (Phi) is 7.28. The maximum Gasteiger partial charge on any atom is 0.272 e. The molecule has 0 amide bonds. The van der Waals surface area contributed by atoms with Gasteiger partial charge in [-0.3, -0.25) is 4.72 Å². The van der Waals surface area contributed by atoms with Crippen molar-refractivity contribution in [3.8, 4) is 10.6 Å². The van der Waals surface area contributed by atoms with Crippen molar-refractivity contribution in [3.05, 3.63) is 66.4 Å². The second-order valence-corrected chi connectivity index (χ2v) is 11.0. The molecule has 9 nitrogen and oxygen atoms in total. The van der Waals surface area contributed by atoms with E-state index >= 15 is 0 Å². The van der Waals surface area contributed by atoms with Gasteiger partial charge in [-0.25, -0.2) is 18.4 Å². The third-order valence-electron chi connectivity index (χ3n) is 4.36. The second kappa shape index (κ2) is 10.3. The van der Waals surface area contributed by atoms with Gasteiger partial charge in [0, 0.05) is 23.9 Å². The van der Waals surface area contributed by atoms with Gasteiger partial charge in [-0.15, -0.1) is 11.3 Å². The van der Waals surface area contributed by atoms with Crippen LogP contribution in [0.15, 0.2) is 74.7 Å². The van der Waals surface area contributed by atoms with Gasteiger partial charge in [0.1, 0.15) is 27.8 Å². The molecule has 3 heterocycles. The van der Waals surface area contributed by atoms with Crippen molar-refractivity contribution in [2.24, 2.45) is 0 Å². The number of sulfonamides is 1. The molecule has 0 fully saturated rings. The van der Waals surface area contributed by atoms with Crippen molar-refractivity contribution in [1.82, 2.24) is 15.1 Å². The quantitative estimate of drug-likeness (QED) is 0.216. The van der Waals surface area contributed by atoms with Crippen LogP contribution in [0, 0.1) is 0 Å². The van der Waals surface area contributed by atoms with Crippen LogP contribution in [0.3, 0.4) is 0 Å². The predicted octanol–water partition coefficient (Wildman–Crippen LogP) is 4.08. The number of aromatic nitrogens is 3. The normalized spacial score (nSPS) is 12.4. The number of anilines is 2. The fourth-order valence-corrected chi connectivity index (χ4v) is 5.84. The first-order valence-corrected chi connectivity index (χ1v) is 13.2. The van der Waals surface area contributed by atoms with Crippen LogP contribution in [0.25, 0.3) is 10.6 Å². The molecular weight excluding hydrogens is 482 g/mol. The van der Waals surface area contributed by atoms with E-state index < -0.39 is 10.0 Å². The molecule has 12 heteroatoms. The number of aliphatic hydroxyl groups excluding tert-OH is 1. The fourth-order valence-electron chi connectivity index (χ4n) is 2.77. The number of benzene rings is 1. The highest BCUT2D eigenvalue weighted by molar-refractivity contribution is 7.98. The van der Waals surface area contributed by atoms with E-state index in [1.165, 1.54) is 30.2 Å². The van der Waals surface area contributed by atoms with E-state index in [0.29, 0.717) is 27.3 Å². The van der Waals surface area contributed by atoms with Gasteiger partial charge in [0.15, 0.2) is 5.16 Å². The molecule has 0 aliphatic rings. The molecule has 4 aromatic rings. The Labute approximate surface area is 199 Å². The van der Waals surface area contributed by atoms with E-state index in [0.717, 1.165) is 16.9 Å². The van der Waals surface area contributed by atoms with Gasteiger partial charge < -0.3 is 14.9 Å². The first-order chi connectivity index (χ1) is 15.9. The molecule has 4 rings (SSSR count). The van der Waals surface area contributed by atoms with Gasteiger partial charge in [-0.2, -0.15) is 0 Å². The van der Waals surface area contributed by atoms with Crippen molar-refractivity contribution in [2.45, 2.75) is 28.1 Å². The Hall–Kier alpha value is -2.93. The molecule has 3 aromatic heterocycles. The van der Waals surface area contributed by atoms with Crippen molar-refractivity contribution in [1.29, 1.82) is 0 Å². The number of nitrogens with one attached hydrogen (secondary N) is 2. The van der Waals surface area contributed by atoms with Gasteiger partial charge in [-0.05, 0) is 24.6 Å². The summed E-state index contributed by atoms with van der Waals surface area (Å²) < 4.78 is 33.5. The summed E-state index contributed by atoms with van der Waals surface area (Å²) in [4.78, 5) is 9.51. The highest BCUT2D eigenvalue weighted by atomic mass is 32.2. The number of thioether (sulfide) groups is 1. The average molecular weight is 504 g/mol. The fraction of sp³-hybridized carbons (Fsp3) is 0.190. The van der Waals surface area contributed by atoms with Crippen LogP contribution >= 0.6 is 23.1 Å². The molecule has 33 heavy (non-hydrogen) atoms. The number of nitrogens with zero attached hydrogens (tertiary/aromatic N) is 3. The minimum atomic E-state index is -3.88.